The molecule has 0 rings (SSSR count). The van der Waals surface area contributed by atoms with Crippen molar-refractivity contribution >= 4 is 7.32 Å². The molecule has 0 saturated carbocycles. The lowest BCUT2D eigenvalue weighted by atomic mass is 10.2. The Balaban J connectivity index is 3.15. The van der Waals surface area contributed by atoms with E-state index in [0.717, 1.165) is 0 Å². The monoisotopic (exact) mass is 133 g/mol. The predicted octanol–water partition coefficient (Wildman–Crippen LogP) is -0.679. The molecule has 0 aliphatic rings. The van der Waals surface area contributed by atoms with Crippen LogP contribution in [0.15, 0.2) is 0 Å². The Morgan fingerprint density at radius 1 is 1.67 bits per heavy atom. The molecular weight excluding hydrogens is 121 g/mol. The van der Waals surface area contributed by atoms with E-state index in [9.17, 15) is 0 Å². The second-order valence-electron chi connectivity index (χ2n) is 1.83. The molecule has 0 fully saturated rings. The normalized spacial score (nSPS) is 10.3. The van der Waals surface area contributed by atoms with Crippen molar-refractivity contribution in [2.45, 2.75) is 20.0 Å². The quantitative estimate of drug-likeness (QED) is 0.394. The highest BCUT2D eigenvalue weighted by molar-refractivity contribution is 6.34. The summed E-state index contributed by atoms with van der Waals surface area (Å²) in [7, 11) is -1.19. The van der Waals surface area contributed by atoms with Crippen LogP contribution in [0.2, 0.25) is 0 Å². The van der Waals surface area contributed by atoms with Crippen LogP contribution in [0.4, 0.5) is 0 Å². The van der Waals surface area contributed by atoms with E-state index in [-0.39, 0.29) is 12.8 Å². The average molecular weight is 133 g/mol. The molecule has 0 unspecified atom stereocenters. The molecule has 0 aliphatic carbocycles. The molecular formula is C4H12BNO3. The van der Waals surface area contributed by atoms with Gasteiger partial charge in [0.2, 0.25) is 0 Å². The first-order chi connectivity index (χ1) is 4.16. The highest BCUT2D eigenvalue weighted by Gasteiger charge is 2.15. The Kier molecular flexibility index (Phi) is 4.70. The summed E-state index contributed by atoms with van der Waals surface area (Å²) in [5, 5.41) is 8.70. The Labute approximate surface area is 55.1 Å². The van der Waals surface area contributed by atoms with Crippen LogP contribution in [0.25, 0.3) is 0 Å². The Hall–Kier alpha value is -0.0951. The zero-order chi connectivity index (χ0) is 7.28. The third-order valence-electron chi connectivity index (χ3n) is 0.627. The van der Waals surface area contributed by atoms with Gasteiger partial charge in [-0.2, -0.15) is 0 Å². The van der Waals surface area contributed by atoms with Gasteiger partial charge in [-0.25, -0.2) is 0 Å². The SMILES string of the molecule is CC(C)OB(O)OCN. The van der Waals surface area contributed by atoms with Crippen molar-refractivity contribution in [1.29, 1.82) is 0 Å². The zero-order valence-corrected chi connectivity index (χ0v) is 5.70. The lowest BCUT2D eigenvalue weighted by Crippen LogP contribution is -2.28. The van der Waals surface area contributed by atoms with E-state index in [2.05, 4.69) is 4.65 Å². The first-order valence-electron chi connectivity index (χ1n) is 2.82. The average Bonchev–Trinajstić information content (AvgIpc) is 1.63. The van der Waals surface area contributed by atoms with Gasteiger partial charge in [-0.3, -0.25) is 0 Å². The van der Waals surface area contributed by atoms with Gasteiger partial charge in [0.05, 0.1) is 6.73 Å². The third-order valence-corrected chi connectivity index (χ3v) is 0.627. The first kappa shape index (κ1) is 8.90. The molecule has 4 nitrogen and oxygen atoms in total. The molecule has 0 spiro atoms. The van der Waals surface area contributed by atoms with Crippen LogP contribution in [0.1, 0.15) is 13.8 Å². The third kappa shape index (κ3) is 5.78. The van der Waals surface area contributed by atoms with E-state index in [0.29, 0.717) is 0 Å². The highest BCUT2D eigenvalue weighted by Crippen LogP contribution is 1.90. The summed E-state index contributed by atoms with van der Waals surface area (Å²) < 4.78 is 9.21. The van der Waals surface area contributed by atoms with Crippen LogP contribution in [0.3, 0.4) is 0 Å². The molecule has 0 bridgehead atoms. The zero-order valence-electron chi connectivity index (χ0n) is 5.70. The summed E-state index contributed by atoms with van der Waals surface area (Å²) >= 11 is 0. The van der Waals surface area contributed by atoms with Gasteiger partial charge in [0.15, 0.2) is 0 Å². The van der Waals surface area contributed by atoms with E-state index in [1.165, 1.54) is 0 Å². The van der Waals surface area contributed by atoms with Crippen molar-refractivity contribution in [3.8, 4) is 0 Å². The maximum Gasteiger partial charge on any atom is 0.637 e. The lowest BCUT2D eigenvalue weighted by molar-refractivity contribution is 0.105. The van der Waals surface area contributed by atoms with Crippen molar-refractivity contribution in [1.82, 2.24) is 0 Å². The van der Waals surface area contributed by atoms with Crippen molar-refractivity contribution in [3.63, 3.8) is 0 Å². The van der Waals surface area contributed by atoms with Crippen molar-refractivity contribution in [2.75, 3.05) is 6.73 Å². The molecule has 0 saturated heterocycles. The van der Waals surface area contributed by atoms with Crippen molar-refractivity contribution < 1.29 is 14.3 Å². The number of nitrogens with two attached hydrogens (primary N) is 1. The van der Waals surface area contributed by atoms with Crippen molar-refractivity contribution in [2.24, 2.45) is 5.73 Å². The fraction of sp³-hybridized carbons (Fsp3) is 1.00. The molecule has 0 heterocycles. The summed E-state index contributed by atoms with van der Waals surface area (Å²) in [5.74, 6) is 0. The smallest absolute Gasteiger partial charge is 0.402 e. The molecule has 0 aromatic heterocycles. The van der Waals surface area contributed by atoms with Gasteiger partial charge in [0, 0.05) is 6.10 Å². The maximum absolute atomic E-state index is 8.70. The number of hydrogen-bond acceptors (Lipinski definition) is 4. The second-order valence-corrected chi connectivity index (χ2v) is 1.83. The van der Waals surface area contributed by atoms with Crippen LogP contribution in [-0.2, 0) is 9.31 Å². The summed E-state index contributed by atoms with van der Waals surface area (Å²) in [6.45, 7) is 3.56. The summed E-state index contributed by atoms with van der Waals surface area (Å²) in [6.07, 6.45) is -0.0495. The van der Waals surface area contributed by atoms with Gasteiger partial charge in [-0.15, -0.1) is 0 Å². The second kappa shape index (κ2) is 4.75. The predicted molar refractivity (Wildman–Crippen MR) is 34.3 cm³/mol. The summed E-state index contributed by atoms with van der Waals surface area (Å²) in [6, 6.07) is 0. The minimum atomic E-state index is -1.19. The molecule has 0 amide bonds. The van der Waals surface area contributed by atoms with Gasteiger partial charge in [-0.05, 0) is 13.8 Å². The van der Waals surface area contributed by atoms with Crippen LogP contribution in [0.5, 0.6) is 0 Å². The topological polar surface area (TPSA) is 64.7 Å². The fourth-order valence-corrected chi connectivity index (χ4v) is 0.354. The van der Waals surface area contributed by atoms with E-state index in [4.69, 9.17) is 15.4 Å². The summed E-state index contributed by atoms with van der Waals surface area (Å²) in [4.78, 5) is 0. The van der Waals surface area contributed by atoms with Crippen LogP contribution in [-0.4, -0.2) is 25.2 Å². The van der Waals surface area contributed by atoms with E-state index >= 15 is 0 Å². The van der Waals surface area contributed by atoms with E-state index in [1.807, 2.05) is 0 Å². The molecule has 54 valence electrons. The van der Waals surface area contributed by atoms with Gasteiger partial charge in [0.1, 0.15) is 0 Å². The standard InChI is InChI=1S/C4H12BNO3/c1-4(2)9-5(7)8-3-6/h4,7H,3,6H2,1-2H3. The minimum absolute atomic E-state index is 0.0338. The number of rotatable bonds is 4. The fourth-order valence-electron chi connectivity index (χ4n) is 0.354. The molecule has 0 radical (unpaired) electrons. The molecule has 9 heavy (non-hydrogen) atoms. The van der Waals surface area contributed by atoms with Crippen LogP contribution < -0.4 is 5.73 Å². The minimum Gasteiger partial charge on any atom is -0.402 e. The molecule has 3 N–H and O–H groups in total. The molecule has 0 aromatic carbocycles. The van der Waals surface area contributed by atoms with E-state index in [1.54, 1.807) is 13.8 Å². The Morgan fingerprint density at radius 2 is 2.22 bits per heavy atom. The van der Waals surface area contributed by atoms with Gasteiger partial charge in [-0.1, -0.05) is 0 Å². The van der Waals surface area contributed by atoms with E-state index < -0.39 is 7.32 Å². The van der Waals surface area contributed by atoms with Gasteiger partial charge >= 0.3 is 7.32 Å². The number of hydrogen-bond donors (Lipinski definition) is 2. The highest BCUT2D eigenvalue weighted by atomic mass is 16.7. The lowest BCUT2D eigenvalue weighted by Gasteiger charge is -2.08. The molecule has 0 atom stereocenters. The van der Waals surface area contributed by atoms with Crippen molar-refractivity contribution in [3.05, 3.63) is 0 Å². The van der Waals surface area contributed by atoms with Gasteiger partial charge < -0.3 is 20.1 Å². The van der Waals surface area contributed by atoms with Crippen LogP contribution >= 0.6 is 0 Å². The molecule has 5 heteroatoms. The van der Waals surface area contributed by atoms with Crippen LogP contribution in [0, 0.1) is 0 Å². The summed E-state index contributed by atoms with van der Waals surface area (Å²) in [5.41, 5.74) is 4.94. The molecule has 0 aromatic rings. The Bertz CT molecular complexity index is 70.8. The maximum atomic E-state index is 8.70. The van der Waals surface area contributed by atoms with Gasteiger partial charge in [0.25, 0.3) is 0 Å². The molecule has 0 aliphatic heterocycles. The Morgan fingerprint density at radius 3 is 2.56 bits per heavy atom. The largest absolute Gasteiger partial charge is 0.637 e. The first-order valence-corrected chi connectivity index (χ1v) is 2.82.